The molecule has 2 atom stereocenters. The Labute approximate surface area is 222 Å². The van der Waals surface area contributed by atoms with Crippen LogP contribution < -0.4 is 15.3 Å². The third kappa shape index (κ3) is 5.48. The van der Waals surface area contributed by atoms with Crippen molar-refractivity contribution >= 4 is 36.8 Å². The van der Waals surface area contributed by atoms with Gasteiger partial charge in [-0.3, -0.25) is 24.3 Å². The van der Waals surface area contributed by atoms with Crippen LogP contribution in [0.1, 0.15) is 40.1 Å². The van der Waals surface area contributed by atoms with Gasteiger partial charge in [0, 0.05) is 19.6 Å². The quantitative estimate of drug-likeness (QED) is 0.233. The number of aromatic carboxylic acids is 1. The first-order chi connectivity index (χ1) is 18.5. The van der Waals surface area contributed by atoms with Crippen LogP contribution in [0.3, 0.4) is 0 Å². The van der Waals surface area contributed by atoms with Crippen molar-refractivity contribution in [1.82, 2.24) is 25.4 Å². The number of urea groups is 1. The fourth-order valence-electron chi connectivity index (χ4n) is 4.48. The van der Waals surface area contributed by atoms with E-state index in [4.69, 9.17) is 4.65 Å². The number of piperazine rings is 1. The van der Waals surface area contributed by atoms with Gasteiger partial charge in [0.25, 0.3) is 0 Å². The maximum Gasteiger partial charge on any atom is 0.547 e. The number of likely N-dealkylation sites (N-methyl/N-ethyl adjacent to an activating group) is 1. The highest BCUT2D eigenvalue weighted by Gasteiger charge is 2.41. The summed E-state index contributed by atoms with van der Waals surface area (Å²) in [4.78, 5) is 68.9. The average Bonchev–Trinajstić information content (AvgIpc) is 2.89. The van der Waals surface area contributed by atoms with E-state index in [1.54, 1.807) is 19.9 Å². The van der Waals surface area contributed by atoms with Gasteiger partial charge in [0.1, 0.15) is 11.5 Å². The lowest BCUT2D eigenvalue weighted by molar-refractivity contribution is -0.153. The number of fused-ring (bicyclic) bond motifs is 1. The number of aryl methyl sites for hydroxylation is 1. The van der Waals surface area contributed by atoms with Crippen LogP contribution in [0.2, 0.25) is 0 Å². The molecule has 1 aromatic heterocycles. The molecule has 0 spiro atoms. The fourth-order valence-corrected chi connectivity index (χ4v) is 4.48. The average molecular weight is 539 g/mol. The molecule has 1 unspecified atom stereocenters. The number of aromatic nitrogens is 1. The summed E-state index contributed by atoms with van der Waals surface area (Å²) in [5, 5.41) is 34.7. The molecular weight excluding hydrogens is 513 g/mol. The molecule has 2 aliphatic heterocycles. The van der Waals surface area contributed by atoms with Crippen molar-refractivity contribution < 1.29 is 43.9 Å². The number of nitrogens with one attached hydrogen (secondary N) is 2. The molecule has 1 fully saturated rings. The lowest BCUT2D eigenvalue weighted by Crippen LogP contribution is -2.60. The monoisotopic (exact) mass is 539 g/mol. The van der Waals surface area contributed by atoms with Gasteiger partial charge in [0.15, 0.2) is 6.04 Å². The van der Waals surface area contributed by atoms with E-state index < -0.39 is 48.8 Å². The summed E-state index contributed by atoms with van der Waals surface area (Å²) in [5.74, 6) is -5.20. The largest absolute Gasteiger partial charge is 0.547 e. The maximum atomic E-state index is 13.5. The van der Waals surface area contributed by atoms with Gasteiger partial charge >= 0.3 is 30.9 Å². The molecule has 5 N–H and O–H groups in total. The number of carboxylic acid groups (broad SMARTS) is 1. The predicted octanol–water partition coefficient (Wildman–Crippen LogP) is -0.625. The van der Waals surface area contributed by atoms with Gasteiger partial charge in [-0.2, -0.15) is 0 Å². The molecule has 2 aromatic rings. The third-order valence-electron chi connectivity index (χ3n) is 6.52. The summed E-state index contributed by atoms with van der Waals surface area (Å²) in [6, 6.07) is 3.25. The Morgan fingerprint density at radius 2 is 1.97 bits per heavy atom. The Bertz CT molecular complexity index is 1350. The number of carbonyl (C=O) groups excluding carboxylic acids is 4. The van der Waals surface area contributed by atoms with Crippen molar-refractivity contribution in [2.75, 3.05) is 19.6 Å². The van der Waals surface area contributed by atoms with E-state index in [1.807, 2.05) is 0 Å². The van der Waals surface area contributed by atoms with Crippen LogP contribution in [0.4, 0.5) is 4.79 Å². The summed E-state index contributed by atoms with van der Waals surface area (Å²) < 4.78 is 5.41. The van der Waals surface area contributed by atoms with Gasteiger partial charge in [0.2, 0.25) is 5.91 Å². The molecule has 0 aliphatic carbocycles. The first-order valence-electron chi connectivity index (χ1n) is 12.1. The number of benzene rings is 1. The van der Waals surface area contributed by atoms with E-state index >= 15 is 0 Å². The van der Waals surface area contributed by atoms with Crippen LogP contribution in [0.25, 0.3) is 0 Å². The Morgan fingerprint density at radius 1 is 1.23 bits per heavy atom. The maximum absolute atomic E-state index is 13.5. The molecule has 3 heterocycles. The minimum Gasteiger partial charge on any atom is -0.534 e. The van der Waals surface area contributed by atoms with Crippen LogP contribution in [0.5, 0.6) is 11.5 Å². The number of nitrogens with zero attached hydrogens (tertiary/aromatic N) is 3. The lowest BCUT2D eigenvalue weighted by atomic mass is 9.72. The number of para-hydroxylation sites is 1. The fraction of sp³-hybridized carbons (Fsp3) is 0.333. The number of rotatable bonds is 6. The lowest BCUT2D eigenvalue weighted by Gasteiger charge is -2.33. The third-order valence-corrected chi connectivity index (χ3v) is 6.52. The minimum atomic E-state index is -1.62. The number of pyridine rings is 1. The molecule has 1 aromatic carbocycles. The van der Waals surface area contributed by atoms with Crippen LogP contribution in [-0.2, 0) is 20.8 Å². The smallest absolute Gasteiger partial charge is 0.534 e. The summed E-state index contributed by atoms with van der Waals surface area (Å²) in [6.07, 6.45) is 1.09. The topological polar surface area (TPSA) is 199 Å². The number of amides is 5. The van der Waals surface area contributed by atoms with E-state index in [-0.39, 0.29) is 42.3 Å². The number of hydrogen-bond donors (Lipinski definition) is 5. The molecule has 15 heteroatoms. The van der Waals surface area contributed by atoms with Crippen LogP contribution in [0, 0.1) is 6.92 Å². The standard InChI is InChI=1S/C24H26BN5O9/c1-3-29-7-8-30(22(34)21(29)33)24(37)28-18(17-12(2)9-14(31)11-26-17)20(32)27-16-10-13-5-4-6-15(23(35)36)19(13)39-25(16)38/h4-6,9,11,16,18,31,38H,3,7-8,10H2,1-2H3,(H,27,32)(H,28,37)(H,35,36)/t16-,18?/m0/s1. The summed E-state index contributed by atoms with van der Waals surface area (Å²) in [5.41, 5.74) is 0.672. The van der Waals surface area contributed by atoms with E-state index in [1.165, 1.54) is 23.1 Å². The molecule has 0 radical (unpaired) electrons. The van der Waals surface area contributed by atoms with Crippen molar-refractivity contribution in [2.24, 2.45) is 0 Å². The van der Waals surface area contributed by atoms with Crippen LogP contribution in [-0.4, -0.2) is 92.4 Å². The number of carboxylic acids is 1. The van der Waals surface area contributed by atoms with E-state index in [0.717, 1.165) is 6.20 Å². The van der Waals surface area contributed by atoms with Gasteiger partial charge in [-0.1, -0.05) is 12.1 Å². The van der Waals surface area contributed by atoms with Crippen molar-refractivity contribution in [2.45, 2.75) is 32.3 Å². The van der Waals surface area contributed by atoms with Crippen molar-refractivity contribution in [1.29, 1.82) is 0 Å². The van der Waals surface area contributed by atoms with E-state index in [0.29, 0.717) is 22.6 Å². The first-order valence-corrected chi connectivity index (χ1v) is 12.1. The summed E-state index contributed by atoms with van der Waals surface area (Å²) >= 11 is 0. The molecule has 0 saturated carbocycles. The predicted molar refractivity (Wildman–Crippen MR) is 134 cm³/mol. The Hall–Kier alpha value is -4.66. The SMILES string of the molecule is CCN1CCN(C(=O)NC(C(=O)N[C@H]2Cc3cccc(C(=O)O)c3OB2O)c2ncc(O)cc2C)C(=O)C1=O. The minimum absolute atomic E-state index is 0.0119. The Kier molecular flexibility index (Phi) is 7.71. The Morgan fingerprint density at radius 3 is 2.64 bits per heavy atom. The number of carbonyl (C=O) groups is 5. The molecular formula is C24H26BN5O9. The highest BCUT2D eigenvalue weighted by Crippen LogP contribution is 2.30. The Balaban J connectivity index is 1.58. The second kappa shape index (κ2) is 11.0. The molecule has 14 nitrogen and oxygen atoms in total. The van der Waals surface area contributed by atoms with Gasteiger partial charge in [0.05, 0.1) is 23.4 Å². The normalized spacial score (nSPS) is 17.7. The van der Waals surface area contributed by atoms with Crippen molar-refractivity contribution in [3.63, 3.8) is 0 Å². The van der Waals surface area contributed by atoms with Gasteiger partial charge in [-0.25, -0.2) is 9.59 Å². The zero-order valence-corrected chi connectivity index (χ0v) is 21.1. The van der Waals surface area contributed by atoms with Crippen molar-refractivity contribution in [3.05, 3.63) is 52.8 Å². The molecule has 5 amide bonds. The van der Waals surface area contributed by atoms with Gasteiger partial charge < -0.3 is 35.4 Å². The molecule has 204 valence electrons. The van der Waals surface area contributed by atoms with Crippen LogP contribution in [0.15, 0.2) is 30.5 Å². The van der Waals surface area contributed by atoms with Gasteiger partial charge in [-0.15, -0.1) is 0 Å². The number of hydrogen-bond acceptors (Lipinski definition) is 9. The molecule has 2 aliphatic rings. The first kappa shape index (κ1) is 27.4. The second-order valence-electron chi connectivity index (χ2n) is 9.05. The number of imide groups is 1. The van der Waals surface area contributed by atoms with E-state index in [9.17, 15) is 39.2 Å². The highest BCUT2D eigenvalue weighted by atomic mass is 16.5. The second-order valence-corrected chi connectivity index (χ2v) is 9.05. The highest BCUT2D eigenvalue weighted by molar-refractivity contribution is 6.47. The van der Waals surface area contributed by atoms with Crippen molar-refractivity contribution in [3.8, 4) is 11.5 Å². The summed E-state index contributed by atoms with van der Waals surface area (Å²) in [6.45, 7) is 3.59. The zero-order chi connectivity index (χ0) is 28.4. The molecule has 0 bridgehead atoms. The number of aromatic hydroxyl groups is 1. The molecule has 4 rings (SSSR count). The van der Waals surface area contributed by atoms with Gasteiger partial charge in [-0.05, 0) is 43.5 Å². The van der Waals surface area contributed by atoms with E-state index in [2.05, 4.69) is 15.6 Å². The van der Waals surface area contributed by atoms with Crippen LogP contribution >= 0.6 is 0 Å². The molecule has 39 heavy (non-hydrogen) atoms. The zero-order valence-electron chi connectivity index (χ0n) is 21.1. The molecule has 1 saturated heterocycles. The summed E-state index contributed by atoms with van der Waals surface area (Å²) in [7, 11) is -1.62.